The number of rotatable bonds is 6. The van der Waals surface area contributed by atoms with Gasteiger partial charge in [0.1, 0.15) is 5.75 Å². The van der Waals surface area contributed by atoms with Crippen LogP contribution in [0.25, 0.3) is 11.4 Å². The van der Waals surface area contributed by atoms with E-state index in [9.17, 15) is 4.79 Å². The quantitative estimate of drug-likeness (QED) is 0.662. The van der Waals surface area contributed by atoms with Gasteiger partial charge in [-0.1, -0.05) is 23.9 Å². The molecule has 3 aromatic rings. The number of ether oxygens (including phenoxy) is 1. The number of methoxy groups -OCH3 is 1. The number of nitrogens with zero attached hydrogens (tertiary/aromatic N) is 4. The highest BCUT2D eigenvalue weighted by molar-refractivity contribution is 7.99. The lowest BCUT2D eigenvalue weighted by Gasteiger charge is -2.08. The average Bonchev–Trinajstić information content (AvgIpc) is 3.07. The minimum absolute atomic E-state index is 0.161. The van der Waals surface area contributed by atoms with E-state index in [2.05, 4.69) is 15.5 Å². The van der Waals surface area contributed by atoms with Crippen molar-refractivity contribution in [2.45, 2.75) is 5.16 Å². The number of hydrogen-bond donors (Lipinski definition) is 1. The fraction of sp³-hybridized carbons (Fsp3) is 0.158. The van der Waals surface area contributed by atoms with E-state index in [4.69, 9.17) is 10.00 Å². The van der Waals surface area contributed by atoms with Crippen LogP contribution in [0.4, 0.5) is 5.69 Å². The molecule has 0 unspecified atom stereocenters. The summed E-state index contributed by atoms with van der Waals surface area (Å²) in [6, 6.07) is 16.3. The summed E-state index contributed by atoms with van der Waals surface area (Å²) >= 11 is 1.30. The second kappa shape index (κ2) is 8.38. The van der Waals surface area contributed by atoms with E-state index < -0.39 is 0 Å². The van der Waals surface area contributed by atoms with Crippen molar-refractivity contribution in [3.63, 3.8) is 0 Å². The third kappa shape index (κ3) is 4.27. The molecule has 27 heavy (non-hydrogen) atoms. The number of anilines is 1. The Kier molecular flexibility index (Phi) is 5.74. The topological polar surface area (TPSA) is 92.8 Å². The Balaban J connectivity index is 1.65. The van der Waals surface area contributed by atoms with Crippen molar-refractivity contribution < 1.29 is 9.53 Å². The number of para-hydroxylation sites is 1. The van der Waals surface area contributed by atoms with Crippen LogP contribution in [0.3, 0.4) is 0 Å². The number of benzene rings is 2. The first kappa shape index (κ1) is 18.5. The monoisotopic (exact) mass is 379 g/mol. The maximum Gasteiger partial charge on any atom is 0.234 e. The zero-order chi connectivity index (χ0) is 19.2. The molecule has 0 radical (unpaired) electrons. The number of carbonyl (C=O) groups is 1. The molecule has 1 heterocycles. The molecule has 0 saturated carbocycles. The Bertz CT molecular complexity index is 992. The molecule has 0 saturated heterocycles. The molecule has 2 aromatic carbocycles. The standard InChI is InChI=1S/C19H17N5O2S/c1-24-18(15-5-3-4-6-16(15)26-2)22-23-19(24)27-12-17(25)21-14-9-7-13(11-20)8-10-14/h3-10H,12H2,1-2H3,(H,21,25). The lowest BCUT2D eigenvalue weighted by molar-refractivity contribution is -0.113. The summed E-state index contributed by atoms with van der Waals surface area (Å²) in [6.07, 6.45) is 0. The van der Waals surface area contributed by atoms with Crippen LogP contribution in [0.1, 0.15) is 5.56 Å². The lowest BCUT2D eigenvalue weighted by Crippen LogP contribution is -2.14. The fourth-order valence-corrected chi connectivity index (χ4v) is 3.17. The molecule has 0 atom stereocenters. The average molecular weight is 379 g/mol. The highest BCUT2D eigenvalue weighted by Gasteiger charge is 2.15. The van der Waals surface area contributed by atoms with Crippen LogP contribution in [0.15, 0.2) is 53.7 Å². The Labute approximate surface area is 161 Å². The zero-order valence-corrected chi connectivity index (χ0v) is 15.7. The highest BCUT2D eigenvalue weighted by Crippen LogP contribution is 2.29. The van der Waals surface area contributed by atoms with Crippen LogP contribution in [-0.2, 0) is 11.8 Å². The van der Waals surface area contributed by atoms with Gasteiger partial charge < -0.3 is 14.6 Å². The molecule has 0 spiro atoms. The number of nitriles is 1. The van der Waals surface area contributed by atoms with Gasteiger partial charge in [-0.05, 0) is 36.4 Å². The number of aromatic nitrogens is 3. The second-order valence-electron chi connectivity index (χ2n) is 5.59. The summed E-state index contributed by atoms with van der Waals surface area (Å²) in [4.78, 5) is 12.2. The molecule has 7 nitrogen and oxygen atoms in total. The van der Waals surface area contributed by atoms with Gasteiger partial charge in [-0.25, -0.2) is 0 Å². The predicted molar refractivity (Wildman–Crippen MR) is 104 cm³/mol. The molecule has 1 amide bonds. The van der Waals surface area contributed by atoms with E-state index in [-0.39, 0.29) is 11.7 Å². The maximum atomic E-state index is 12.2. The number of nitrogens with one attached hydrogen (secondary N) is 1. The van der Waals surface area contributed by atoms with Crippen LogP contribution < -0.4 is 10.1 Å². The molecule has 0 bridgehead atoms. The number of amides is 1. The van der Waals surface area contributed by atoms with Crippen LogP contribution in [0, 0.1) is 11.3 Å². The van der Waals surface area contributed by atoms with Crippen molar-refractivity contribution >= 4 is 23.4 Å². The highest BCUT2D eigenvalue weighted by atomic mass is 32.2. The molecule has 0 fully saturated rings. The largest absolute Gasteiger partial charge is 0.496 e. The van der Waals surface area contributed by atoms with E-state index in [0.717, 1.165) is 5.56 Å². The van der Waals surface area contributed by atoms with Crippen molar-refractivity contribution in [2.24, 2.45) is 7.05 Å². The lowest BCUT2D eigenvalue weighted by atomic mass is 10.2. The van der Waals surface area contributed by atoms with Crippen molar-refractivity contribution in [1.82, 2.24) is 14.8 Å². The Morgan fingerprint density at radius 1 is 1.22 bits per heavy atom. The molecule has 8 heteroatoms. The maximum absolute atomic E-state index is 12.2. The first-order valence-electron chi connectivity index (χ1n) is 8.08. The summed E-state index contributed by atoms with van der Waals surface area (Å²) < 4.78 is 7.20. The fourth-order valence-electron chi connectivity index (χ4n) is 2.46. The van der Waals surface area contributed by atoms with Gasteiger partial charge in [0, 0.05) is 12.7 Å². The molecule has 0 aliphatic heterocycles. The van der Waals surface area contributed by atoms with Gasteiger partial charge in [0.15, 0.2) is 11.0 Å². The molecule has 1 aromatic heterocycles. The first-order valence-corrected chi connectivity index (χ1v) is 9.06. The summed E-state index contributed by atoms with van der Waals surface area (Å²) in [5.41, 5.74) is 2.03. The Morgan fingerprint density at radius 3 is 2.67 bits per heavy atom. The molecule has 0 aliphatic carbocycles. The number of hydrogen-bond acceptors (Lipinski definition) is 6. The Morgan fingerprint density at radius 2 is 1.96 bits per heavy atom. The van der Waals surface area contributed by atoms with Crippen LogP contribution in [-0.4, -0.2) is 33.5 Å². The smallest absolute Gasteiger partial charge is 0.234 e. The molecule has 3 rings (SSSR count). The van der Waals surface area contributed by atoms with Crippen LogP contribution >= 0.6 is 11.8 Å². The zero-order valence-electron chi connectivity index (χ0n) is 14.8. The van der Waals surface area contributed by atoms with Gasteiger partial charge in [0.2, 0.25) is 5.91 Å². The molecule has 1 N–H and O–H groups in total. The summed E-state index contributed by atoms with van der Waals surface area (Å²) in [5.74, 6) is 1.41. The van der Waals surface area contributed by atoms with Crippen LogP contribution in [0.5, 0.6) is 5.75 Å². The van der Waals surface area contributed by atoms with Crippen molar-refractivity contribution in [3.8, 4) is 23.2 Å². The van der Waals surface area contributed by atoms with E-state index in [1.54, 1.807) is 31.4 Å². The number of carbonyl (C=O) groups excluding carboxylic acids is 1. The normalized spacial score (nSPS) is 10.3. The van der Waals surface area contributed by atoms with Crippen LogP contribution in [0.2, 0.25) is 0 Å². The number of thioether (sulfide) groups is 1. The Hall–Kier alpha value is -3.31. The molecular weight excluding hydrogens is 362 g/mol. The van der Waals surface area contributed by atoms with Gasteiger partial charge in [-0.3, -0.25) is 4.79 Å². The van der Waals surface area contributed by atoms with Gasteiger partial charge >= 0.3 is 0 Å². The van der Waals surface area contributed by atoms with Gasteiger partial charge in [0.05, 0.1) is 30.1 Å². The van der Waals surface area contributed by atoms with E-state index in [0.29, 0.717) is 28.0 Å². The van der Waals surface area contributed by atoms with Gasteiger partial charge in [-0.15, -0.1) is 10.2 Å². The molecule has 0 aliphatic rings. The summed E-state index contributed by atoms with van der Waals surface area (Å²) in [7, 11) is 3.46. The van der Waals surface area contributed by atoms with Gasteiger partial charge in [0.25, 0.3) is 0 Å². The summed E-state index contributed by atoms with van der Waals surface area (Å²) in [6.45, 7) is 0. The molecule has 136 valence electrons. The predicted octanol–water partition coefficient (Wildman–Crippen LogP) is 3.09. The van der Waals surface area contributed by atoms with Gasteiger partial charge in [-0.2, -0.15) is 5.26 Å². The second-order valence-corrected chi connectivity index (χ2v) is 6.53. The third-order valence-corrected chi connectivity index (χ3v) is 4.83. The summed E-state index contributed by atoms with van der Waals surface area (Å²) in [5, 5.41) is 20.6. The van der Waals surface area contributed by atoms with Crippen molar-refractivity contribution in [3.05, 3.63) is 54.1 Å². The van der Waals surface area contributed by atoms with E-state index >= 15 is 0 Å². The minimum atomic E-state index is -0.161. The van der Waals surface area contributed by atoms with Crippen molar-refractivity contribution in [2.75, 3.05) is 18.2 Å². The first-order chi connectivity index (χ1) is 13.1. The van der Waals surface area contributed by atoms with Crippen molar-refractivity contribution in [1.29, 1.82) is 5.26 Å². The van der Waals surface area contributed by atoms with E-state index in [1.165, 1.54) is 11.8 Å². The van der Waals surface area contributed by atoms with E-state index in [1.807, 2.05) is 41.9 Å². The SMILES string of the molecule is COc1ccccc1-c1nnc(SCC(=O)Nc2ccc(C#N)cc2)n1C. The molecular formula is C19H17N5O2S. The third-order valence-electron chi connectivity index (χ3n) is 3.81. The minimum Gasteiger partial charge on any atom is -0.496 e.